The highest BCUT2D eigenvalue weighted by Gasteiger charge is 2.70. The Hall–Kier alpha value is -5.99. The first-order valence-electron chi connectivity index (χ1n) is 54.1. The number of Topliss-reactive ketones (excluding diaryl/α,β-unsaturated/α-hetero) is 3. The number of carbonyl (C=O) groups excluding carboxylic acids is 5. The van der Waals surface area contributed by atoms with Gasteiger partial charge in [-0.3, -0.25) is 38.8 Å². The minimum atomic E-state index is -0.718. The van der Waals surface area contributed by atoms with Crippen molar-refractivity contribution in [2.24, 2.45) is 111 Å². The highest BCUT2D eigenvalue weighted by Crippen LogP contribution is 2.74. The Kier molecular flexibility index (Phi) is 36.3. The van der Waals surface area contributed by atoms with E-state index in [9.17, 15) is 29.2 Å². The van der Waals surface area contributed by atoms with Crippen LogP contribution in [0.3, 0.4) is 0 Å². The summed E-state index contributed by atoms with van der Waals surface area (Å²) in [7, 11) is 0. The third-order valence-corrected chi connectivity index (χ3v) is 41.2. The van der Waals surface area contributed by atoms with Crippen LogP contribution in [0.15, 0.2) is 81.7 Å². The third kappa shape index (κ3) is 20.2. The van der Waals surface area contributed by atoms with Gasteiger partial charge in [0.15, 0.2) is 28.9 Å². The summed E-state index contributed by atoms with van der Waals surface area (Å²) in [5.41, 5.74) is 5.35. The fraction of sp³-hybridized carbons (Fsp3) is 0.752. The number of fused-ring (bicyclic) bond motifs is 15. The molecular weight excluding hydrogens is 1890 g/mol. The second kappa shape index (κ2) is 44.3. The summed E-state index contributed by atoms with van der Waals surface area (Å²) in [5, 5.41) is 9.54. The topological polar surface area (TPSA) is 163 Å². The molecule has 0 N–H and O–H groups in total. The van der Waals surface area contributed by atoms with Gasteiger partial charge in [0.25, 0.3) is 0 Å². The van der Waals surface area contributed by atoms with E-state index in [1.165, 1.54) is 180 Å². The molecule has 0 amide bonds. The van der Waals surface area contributed by atoms with Crippen molar-refractivity contribution in [3.05, 3.63) is 93.1 Å². The molecule has 9 saturated carbocycles. The van der Waals surface area contributed by atoms with Crippen LogP contribution < -0.4 is 0 Å². The van der Waals surface area contributed by atoms with E-state index in [4.69, 9.17) is 31.9 Å². The van der Waals surface area contributed by atoms with Gasteiger partial charge in [-0.2, -0.15) is 5.26 Å². The quantitative estimate of drug-likeness (QED) is 0.113. The number of hydrogen-bond acceptors (Lipinski definition) is 14. The van der Waals surface area contributed by atoms with Crippen LogP contribution in [-0.4, -0.2) is 165 Å². The zero-order valence-corrected chi connectivity index (χ0v) is 90.3. The van der Waals surface area contributed by atoms with E-state index < -0.39 is 16.2 Å². The van der Waals surface area contributed by atoms with Crippen molar-refractivity contribution in [1.29, 1.82) is 5.26 Å². The molecule has 6 heterocycles. The van der Waals surface area contributed by atoms with Crippen molar-refractivity contribution >= 4 is 65.3 Å². The molecule has 0 unspecified atom stereocenters. The van der Waals surface area contributed by atoms with Crippen molar-refractivity contribution < 1.29 is 42.9 Å². The average Bonchev–Trinajstić information content (AvgIpc) is 1.40. The molecule has 6 aliphatic heterocycles. The fourth-order valence-corrected chi connectivity index (χ4v) is 33.8. The summed E-state index contributed by atoms with van der Waals surface area (Å²) in [4.78, 5) is 76.6. The van der Waals surface area contributed by atoms with Crippen LogP contribution in [0.2, 0.25) is 0 Å². The summed E-state index contributed by atoms with van der Waals surface area (Å²) >= 11 is 0. The standard InChI is InChI=1S/C26H27N3O2.C26H39NO2.C24H33NO2.C24H35NO.C21H30O2.4CH4.ClH.HI/c1-24(2)21-8-10-26(9-7-13-29-11-5-6-12-29)15-18(17-27)20(30)14-22(26)25(21,3)16-19(28-4)23(24)31;1-23(2)21-10-13-25(12-8-18-27-16-6-7-17-27)11-5-4-9-22(25)24(21,3)14-15-26(23)28-19-20-29-26;1-22(2)19-8-13-24(10-6-16-25-14-4-5-15-25)12-7-18(26)17-20(24)23(19,3)11-9-21(22)27;1-22(2)19-10-15-24(13-8-18-25-16-6-7-17-25)12-5-4-9-20(24)23(19,3)14-11-21(22)26;1-5-20-10-7-6-8-17(20)19(4)12-13-21(22-14-15-23-21)18(2,3)16(19)9-11-20;;;;;;/h14-16,21H,5-6,8,10-13H2,1-3H3;9,21H,4-7,10-11,13-20H2,1-3H3;17,19H,4-5,7-9,11-16H2,1-3H3;9,19H,4-7,10-12,14-18H2,1-3H3;1,8,16H,6-7,9-15H2,2-4H3;4*1H4;2*1H/t21-,25-,26-;21-,24-,25-;19-,23-,24+;19-,23-,24-;16-,19-,20+;;;;;;/m00000....../s1. The molecule has 21 rings (SSSR count). The van der Waals surface area contributed by atoms with Crippen LogP contribution in [0, 0.1) is 188 Å². The molecule has 15 nitrogen and oxygen atoms in total. The van der Waals surface area contributed by atoms with Crippen LogP contribution in [0.25, 0.3) is 4.85 Å². The van der Waals surface area contributed by atoms with Gasteiger partial charge in [0.05, 0.1) is 91.8 Å². The summed E-state index contributed by atoms with van der Waals surface area (Å²) in [6, 6.07) is 2.04. The van der Waals surface area contributed by atoms with Gasteiger partial charge in [0.2, 0.25) is 5.70 Å². The van der Waals surface area contributed by atoms with Gasteiger partial charge in [-0.1, -0.05) is 211 Å². The Morgan fingerprint density at radius 2 is 0.746 bits per heavy atom. The molecule has 15 fully saturated rings. The maximum absolute atomic E-state index is 12.9. The predicted molar refractivity (Wildman–Crippen MR) is 588 cm³/mol. The van der Waals surface area contributed by atoms with E-state index in [1.54, 1.807) is 34.9 Å². The Bertz CT molecular complexity index is 5340. The number of ketones is 5. The van der Waals surface area contributed by atoms with E-state index in [2.05, 4.69) is 179 Å². The Balaban J connectivity index is 0.000000168. The van der Waals surface area contributed by atoms with Gasteiger partial charge in [-0.15, -0.1) is 42.8 Å². The van der Waals surface area contributed by atoms with E-state index in [0.29, 0.717) is 61.0 Å². The average molecular weight is 2080 g/mol. The monoisotopic (exact) mass is 2070 g/mol. The number of ether oxygens (including phenoxy) is 4. The van der Waals surface area contributed by atoms with Crippen LogP contribution in [0.4, 0.5) is 0 Å². The number of nitrogens with zero attached hydrogens (tertiary/aromatic N) is 6. The second-order valence-electron chi connectivity index (χ2n) is 50.0. The number of carbonyl (C=O) groups is 5. The lowest BCUT2D eigenvalue weighted by molar-refractivity contribution is -0.284. The molecule has 17 heteroatoms. The van der Waals surface area contributed by atoms with E-state index in [1.807, 2.05) is 32.9 Å². The lowest BCUT2D eigenvalue weighted by Gasteiger charge is -2.64. The lowest BCUT2D eigenvalue weighted by atomic mass is 9.43. The fourth-order valence-electron chi connectivity index (χ4n) is 33.8. The number of hydrogen-bond donors (Lipinski definition) is 0. The first-order chi connectivity index (χ1) is 64.7. The smallest absolute Gasteiger partial charge is 0.226 e. The van der Waals surface area contributed by atoms with Crippen molar-refractivity contribution in [3.8, 4) is 65.8 Å². The molecule has 0 aromatic rings. The summed E-state index contributed by atoms with van der Waals surface area (Å²) < 4.78 is 25.0. The molecule has 0 aromatic heterocycles. The molecule has 15 atom stereocenters. The van der Waals surface area contributed by atoms with E-state index >= 15 is 0 Å². The third-order valence-electron chi connectivity index (χ3n) is 41.2. The van der Waals surface area contributed by atoms with Gasteiger partial charge >= 0.3 is 0 Å². The molecule has 142 heavy (non-hydrogen) atoms. The highest BCUT2D eigenvalue weighted by atomic mass is 127. The SMILES string of the molecule is C.C.C.C.C#C[C@]12CCCC=C1[C@@]1(C)CCC3(OCCO3)C(C)(C)[C@@H]1CC2.CC1(C)C(=O)CC[C@]2(C)C3=CC(=O)CC[C@]3(C#CCN3CCCC3)CC[C@@H]12.CC1(C)C(=O)CC[C@]2(C)C3=CCCC[C@]3(C#CCN3CCCC3)CC[C@@H]12.CC1(C)[C@@H]2CC[C@@]3(C#CCN4CCCC4)CCCC=C3[C@@]2(C)CCC12OCCO2.Cl.I.[C-]#[N+]C1=C[C@]2(C)C3=CC(=O)C(C#N)=C[C@]3(C#CCN3CCCC3)CC[C@H]2C(C)(C)C1=O. The first kappa shape index (κ1) is 116. The normalized spacial score (nSPS) is 37.4. The Labute approximate surface area is 884 Å². The van der Waals surface area contributed by atoms with Crippen molar-refractivity contribution in [3.63, 3.8) is 0 Å². The highest BCUT2D eigenvalue weighted by molar-refractivity contribution is 14.0. The minimum Gasteiger partial charge on any atom is -0.347 e. The molecule has 0 bridgehead atoms. The Morgan fingerprint density at radius 1 is 0.394 bits per heavy atom. The Morgan fingerprint density at radius 3 is 1.14 bits per heavy atom. The molecule has 0 radical (unpaired) electrons. The number of likely N-dealkylation sites (tertiary alicyclic amines) is 4. The molecule has 21 aliphatic rings. The first-order valence-corrected chi connectivity index (χ1v) is 54.1. The predicted octanol–water partition coefficient (Wildman–Crippen LogP) is 26.5. The van der Waals surface area contributed by atoms with Crippen LogP contribution in [0.5, 0.6) is 0 Å². The van der Waals surface area contributed by atoms with Crippen LogP contribution in [0.1, 0.15) is 371 Å². The van der Waals surface area contributed by atoms with Gasteiger partial charge in [0, 0.05) is 64.6 Å². The summed E-state index contributed by atoms with van der Waals surface area (Å²) in [6.45, 7) is 57.2. The maximum atomic E-state index is 12.9. The van der Waals surface area contributed by atoms with Gasteiger partial charge in [0.1, 0.15) is 17.6 Å². The van der Waals surface area contributed by atoms with Gasteiger partial charge in [-0.05, 0) is 355 Å². The van der Waals surface area contributed by atoms with E-state index in [0.717, 1.165) is 148 Å². The molecule has 2 spiro atoms. The largest absolute Gasteiger partial charge is 0.347 e. The van der Waals surface area contributed by atoms with Crippen molar-refractivity contribution in [1.82, 2.24) is 19.6 Å². The summed E-state index contributed by atoms with van der Waals surface area (Å²) in [5.74, 6) is 34.0. The maximum Gasteiger partial charge on any atom is 0.226 e. The number of nitriles is 1. The molecule has 780 valence electrons. The number of halogens is 2. The van der Waals surface area contributed by atoms with Gasteiger partial charge < -0.3 is 23.7 Å². The molecule has 0 aromatic carbocycles. The molecule has 6 saturated heterocycles. The number of allylic oxidation sites excluding steroid dienone is 14. The summed E-state index contributed by atoms with van der Waals surface area (Å²) in [6.07, 6.45) is 61.7. The van der Waals surface area contributed by atoms with Gasteiger partial charge in [-0.25, -0.2) is 4.85 Å². The van der Waals surface area contributed by atoms with Crippen LogP contribution >= 0.6 is 36.4 Å². The lowest BCUT2D eigenvalue weighted by Crippen LogP contribution is -2.61. The van der Waals surface area contributed by atoms with Crippen molar-refractivity contribution in [2.75, 3.05) is 105 Å². The van der Waals surface area contributed by atoms with Crippen LogP contribution in [-0.2, 0) is 42.9 Å². The number of rotatable bonds is 4. The van der Waals surface area contributed by atoms with Crippen molar-refractivity contribution in [2.45, 2.75) is 383 Å². The minimum absolute atomic E-state index is 0. The number of terminal acetylenes is 1. The second-order valence-corrected chi connectivity index (χ2v) is 50.0. The van der Waals surface area contributed by atoms with E-state index in [-0.39, 0.29) is 177 Å². The molecular formula is C125H182ClIN6O9. The zero-order chi connectivity index (χ0) is 96.7. The zero-order valence-electron chi connectivity index (χ0n) is 87.2. The molecule has 15 aliphatic carbocycles.